The van der Waals surface area contributed by atoms with Crippen molar-refractivity contribution in [3.05, 3.63) is 59.9 Å². The van der Waals surface area contributed by atoms with Gasteiger partial charge in [0.05, 0.1) is 6.61 Å². The number of benzene rings is 2. The van der Waals surface area contributed by atoms with Gasteiger partial charge >= 0.3 is 0 Å². The van der Waals surface area contributed by atoms with Gasteiger partial charge in [-0.2, -0.15) is 0 Å². The average Bonchev–Trinajstić information content (AvgIpc) is 2.52. The predicted molar refractivity (Wildman–Crippen MR) is 92.4 cm³/mol. The molecule has 0 spiro atoms. The van der Waals surface area contributed by atoms with E-state index in [-0.39, 0.29) is 5.82 Å². The second-order valence-electron chi connectivity index (χ2n) is 5.27. The molecular formula is C18H22FN3O. The largest absolute Gasteiger partial charge is 0.494 e. The van der Waals surface area contributed by atoms with Gasteiger partial charge in [-0.05, 0) is 61.7 Å². The number of hydrogen-bond acceptors (Lipinski definition) is 2. The number of aliphatic imine (C=N–C) groups is 1. The van der Waals surface area contributed by atoms with E-state index in [1.54, 1.807) is 12.1 Å². The van der Waals surface area contributed by atoms with Gasteiger partial charge in [-0.3, -0.25) is 4.99 Å². The molecule has 0 aromatic heterocycles. The van der Waals surface area contributed by atoms with Crippen LogP contribution in [0.4, 0.5) is 10.1 Å². The van der Waals surface area contributed by atoms with E-state index in [1.807, 2.05) is 31.2 Å². The zero-order valence-corrected chi connectivity index (χ0v) is 13.3. The third-order valence-electron chi connectivity index (χ3n) is 3.21. The monoisotopic (exact) mass is 315 g/mol. The van der Waals surface area contributed by atoms with Crippen molar-refractivity contribution in [2.75, 3.05) is 18.5 Å². The van der Waals surface area contributed by atoms with E-state index in [0.29, 0.717) is 24.9 Å². The lowest BCUT2D eigenvalue weighted by Gasteiger charge is -2.07. The van der Waals surface area contributed by atoms with Crippen molar-refractivity contribution in [3.63, 3.8) is 0 Å². The number of halogens is 1. The molecule has 122 valence electrons. The number of anilines is 1. The molecule has 4 nitrogen and oxygen atoms in total. The summed E-state index contributed by atoms with van der Waals surface area (Å²) in [5.74, 6) is 0.828. The first-order chi connectivity index (χ1) is 11.1. The van der Waals surface area contributed by atoms with Crippen LogP contribution in [0.2, 0.25) is 0 Å². The van der Waals surface area contributed by atoms with Gasteiger partial charge in [0.2, 0.25) is 0 Å². The predicted octanol–water partition coefficient (Wildman–Crippen LogP) is 3.72. The van der Waals surface area contributed by atoms with Crippen LogP contribution in [0, 0.1) is 12.7 Å². The summed E-state index contributed by atoms with van der Waals surface area (Å²) in [6.07, 6.45) is 1.73. The van der Waals surface area contributed by atoms with Crippen molar-refractivity contribution in [1.82, 2.24) is 0 Å². The lowest BCUT2D eigenvalue weighted by atomic mass is 10.2. The zero-order valence-electron chi connectivity index (χ0n) is 13.3. The highest BCUT2D eigenvalue weighted by Gasteiger charge is 1.97. The Labute approximate surface area is 136 Å². The van der Waals surface area contributed by atoms with Crippen molar-refractivity contribution in [2.24, 2.45) is 10.7 Å². The van der Waals surface area contributed by atoms with E-state index in [2.05, 4.69) is 10.3 Å². The molecule has 0 aliphatic carbocycles. The molecule has 0 aliphatic heterocycles. The van der Waals surface area contributed by atoms with E-state index >= 15 is 0 Å². The molecule has 2 aromatic carbocycles. The number of unbranched alkanes of at least 4 members (excludes halogenated alkanes) is 1. The maximum Gasteiger partial charge on any atom is 0.193 e. The molecule has 0 saturated carbocycles. The number of ether oxygens (including phenoxy) is 1. The molecule has 0 fully saturated rings. The fraction of sp³-hybridized carbons (Fsp3) is 0.278. The second kappa shape index (κ2) is 8.78. The number of nitrogens with one attached hydrogen (secondary N) is 1. The molecule has 0 amide bonds. The highest BCUT2D eigenvalue weighted by atomic mass is 19.1. The number of nitrogens with two attached hydrogens (primary N) is 1. The fourth-order valence-electron chi connectivity index (χ4n) is 2.04. The van der Waals surface area contributed by atoms with Gasteiger partial charge in [0.1, 0.15) is 11.6 Å². The molecule has 3 N–H and O–H groups in total. The summed E-state index contributed by atoms with van der Waals surface area (Å²) in [5, 5.41) is 3.07. The van der Waals surface area contributed by atoms with Crippen LogP contribution in [0.5, 0.6) is 5.75 Å². The number of nitrogens with zero attached hydrogens (tertiary/aromatic N) is 1. The second-order valence-corrected chi connectivity index (χ2v) is 5.27. The van der Waals surface area contributed by atoms with Crippen molar-refractivity contribution < 1.29 is 9.13 Å². The molecule has 23 heavy (non-hydrogen) atoms. The lowest BCUT2D eigenvalue weighted by Crippen LogP contribution is -2.22. The third-order valence-corrected chi connectivity index (χ3v) is 3.21. The van der Waals surface area contributed by atoms with Gasteiger partial charge in [0.25, 0.3) is 0 Å². The molecular weight excluding hydrogens is 293 g/mol. The van der Waals surface area contributed by atoms with Crippen LogP contribution in [-0.2, 0) is 0 Å². The van der Waals surface area contributed by atoms with E-state index in [1.165, 1.54) is 17.7 Å². The first kappa shape index (κ1) is 16.8. The summed E-state index contributed by atoms with van der Waals surface area (Å²) >= 11 is 0. The van der Waals surface area contributed by atoms with Crippen molar-refractivity contribution in [1.29, 1.82) is 0 Å². The lowest BCUT2D eigenvalue weighted by molar-refractivity contribution is 0.307. The Morgan fingerprint density at radius 3 is 2.70 bits per heavy atom. The Morgan fingerprint density at radius 2 is 1.96 bits per heavy atom. The van der Waals surface area contributed by atoms with Crippen molar-refractivity contribution in [2.45, 2.75) is 19.8 Å². The van der Waals surface area contributed by atoms with Gasteiger partial charge in [-0.15, -0.1) is 0 Å². The average molecular weight is 315 g/mol. The van der Waals surface area contributed by atoms with Crippen molar-refractivity contribution >= 4 is 11.6 Å². The number of hydrogen-bond donors (Lipinski definition) is 2. The number of guanidine groups is 1. The first-order valence-corrected chi connectivity index (χ1v) is 7.65. The summed E-state index contributed by atoms with van der Waals surface area (Å²) in [6, 6.07) is 14.0. The summed E-state index contributed by atoms with van der Waals surface area (Å²) in [5.41, 5.74) is 7.95. The summed E-state index contributed by atoms with van der Waals surface area (Å²) in [4.78, 5) is 4.28. The van der Waals surface area contributed by atoms with E-state index in [9.17, 15) is 4.39 Å². The smallest absolute Gasteiger partial charge is 0.193 e. The molecule has 0 unspecified atom stereocenters. The molecule has 0 bridgehead atoms. The zero-order chi connectivity index (χ0) is 16.5. The Balaban J connectivity index is 1.63. The molecule has 2 aromatic rings. The Hall–Kier alpha value is -2.56. The number of rotatable bonds is 7. The molecule has 0 atom stereocenters. The van der Waals surface area contributed by atoms with E-state index in [4.69, 9.17) is 10.5 Å². The fourth-order valence-corrected chi connectivity index (χ4v) is 2.04. The van der Waals surface area contributed by atoms with E-state index < -0.39 is 0 Å². The number of aryl methyl sites for hydroxylation is 1. The van der Waals surface area contributed by atoms with Gasteiger partial charge in [0.15, 0.2) is 5.96 Å². The Bertz CT molecular complexity index is 641. The minimum atomic E-state index is -0.261. The van der Waals surface area contributed by atoms with Crippen LogP contribution in [0.1, 0.15) is 18.4 Å². The third kappa shape index (κ3) is 6.38. The molecule has 5 heteroatoms. The minimum absolute atomic E-state index is 0.261. The SMILES string of the molecule is Cc1cccc(NC(N)=NCCCCOc2ccc(F)cc2)c1. The molecule has 2 rings (SSSR count). The highest BCUT2D eigenvalue weighted by Crippen LogP contribution is 2.11. The summed E-state index contributed by atoms with van der Waals surface area (Å²) in [6.45, 7) is 3.24. The van der Waals surface area contributed by atoms with Crippen LogP contribution in [0.25, 0.3) is 0 Å². The van der Waals surface area contributed by atoms with E-state index in [0.717, 1.165) is 18.5 Å². The van der Waals surface area contributed by atoms with Gasteiger partial charge < -0.3 is 15.8 Å². The van der Waals surface area contributed by atoms with Crippen molar-refractivity contribution in [3.8, 4) is 5.75 Å². The maximum atomic E-state index is 12.7. The van der Waals surface area contributed by atoms with Gasteiger partial charge in [-0.1, -0.05) is 12.1 Å². The normalized spacial score (nSPS) is 11.3. The van der Waals surface area contributed by atoms with Crippen LogP contribution in [0.3, 0.4) is 0 Å². The van der Waals surface area contributed by atoms with Crippen LogP contribution >= 0.6 is 0 Å². The van der Waals surface area contributed by atoms with Gasteiger partial charge in [0, 0.05) is 12.2 Å². The Morgan fingerprint density at radius 1 is 1.17 bits per heavy atom. The molecule has 0 radical (unpaired) electrons. The highest BCUT2D eigenvalue weighted by molar-refractivity contribution is 5.92. The topological polar surface area (TPSA) is 59.6 Å². The molecule has 0 aliphatic rings. The first-order valence-electron chi connectivity index (χ1n) is 7.65. The molecule has 0 saturated heterocycles. The Kier molecular flexibility index (Phi) is 6.41. The summed E-state index contributed by atoms with van der Waals surface area (Å²) in [7, 11) is 0. The van der Waals surface area contributed by atoms with Crippen LogP contribution < -0.4 is 15.8 Å². The van der Waals surface area contributed by atoms with Crippen LogP contribution in [0.15, 0.2) is 53.5 Å². The minimum Gasteiger partial charge on any atom is -0.494 e. The maximum absolute atomic E-state index is 12.7. The molecule has 0 heterocycles. The quantitative estimate of drug-likeness (QED) is 0.465. The standard InChI is InChI=1S/C18H22FN3O/c1-14-5-4-6-16(13-14)22-18(20)21-11-2-3-12-23-17-9-7-15(19)8-10-17/h4-10,13H,2-3,11-12H2,1H3,(H3,20,21,22). The van der Waals surface area contributed by atoms with Crippen LogP contribution in [-0.4, -0.2) is 19.1 Å². The van der Waals surface area contributed by atoms with Gasteiger partial charge in [-0.25, -0.2) is 4.39 Å². The summed E-state index contributed by atoms with van der Waals surface area (Å²) < 4.78 is 18.3.